The van der Waals surface area contributed by atoms with Crippen molar-refractivity contribution in [3.63, 3.8) is 0 Å². The summed E-state index contributed by atoms with van der Waals surface area (Å²) < 4.78 is 5.45. The lowest BCUT2D eigenvalue weighted by Crippen LogP contribution is -2.31. The molecule has 0 amide bonds. The third kappa shape index (κ3) is 4.99. The Morgan fingerprint density at radius 3 is 2.80 bits per heavy atom. The van der Waals surface area contributed by atoms with Crippen LogP contribution in [-0.4, -0.2) is 29.3 Å². The van der Waals surface area contributed by atoms with Gasteiger partial charge in [-0.05, 0) is 24.1 Å². The summed E-state index contributed by atoms with van der Waals surface area (Å²) >= 11 is 0. The summed E-state index contributed by atoms with van der Waals surface area (Å²) in [5.74, 6) is 0.548. The molecule has 20 heavy (non-hydrogen) atoms. The van der Waals surface area contributed by atoms with Crippen LogP contribution in [0.4, 0.5) is 0 Å². The van der Waals surface area contributed by atoms with Gasteiger partial charge in [-0.3, -0.25) is 0 Å². The van der Waals surface area contributed by atoms with E-state index in [-0.39, 0.29) is 6.61 Å². The minimum atomic E-state index is -0.555. The molecule has 0 fully saturated rings. The maximum absolute atomic E-state index is 9.84. The van der Waals surface area contributed by atoms with Crippen molar-refractivity contribution in [1.29, 1.82) is 0 Å². The molecule has 1 unspecified atom stereocenters. The van der Waals surface area contributed by atoms with Crippen LogP contribution in [0.2, 0.25) is 0 Å². The van der Waals surface area contributed by atoms with E-state index in [0.717, 1.165) is 12.1 Å². The van der Waals surface area contributed by atoms with Crippen molar-refractivity contribution in [1.82, 2.24) is 10.3 Å². The van der Waals surface area contributed by atoms with Crippen molar-refractivity contribution in [3.8, 4) is 5.88 Å². The molecule has 0 aliphatic rings. The molecule has 1 aromatic heterocycles. The maximum atomic E-state index is 9.84. The fourth-order valence-corrected chi connectivity index (χ4v) is 1.81. The van der Waals surface area contributed by atoms with Crippen LogP contribution in [0.25, 0.3) is 0 Å². The number of aliphatic hydroxyl groups is 1. The molecule has 0 aliphatic heterocycles. The third-order valence-electron chi connectivity index (χ3n) is 2.87. The molecule has 0 saturated carbocycles. The molecule has 2 rings (SSSR count). The van der Waals surface area contributed by atoms with Crippen LogP contribution in [0.5, 0.6) is 5.88 Å². The fourth-order valence-electron chi connectivity index (χ4n) is 1.81. The van der Waals surface area contributed by atoms with Crippen molar-refractivity contribution >= 4 is 0 Å². The van der Waals surface area contributed by atoms with Gasteiger partial charge >= 0.3 is 0 Å². The number of ether oxygens (including phenoxy) is 1. The van der Waals surface area contributed by atoms with Crippen molar-refractivity contribution < 1.29 is 9.84 Å². The zero-order chi connectivity index (χ0) is 14.2. The van der Waals surface area contributed by atoms with E-state index in [2.05, 4.69) is 10.3 Å². The summed E-state index contributed by atoms with van der Waals surface area (Å²) in [7, 11) is 0. The molecular weight excluding hydrogens is 252 g/mol. The van der Waals surface area contributed by atoms with Crippen LogP contribution in [0.15, 0.2) is 48.7 Å². The first-order valence-electron chi connectivity index (χ1n) is 6.72. The summed E-state index contributed by atoms with van der Waals surface area (Å²) in [5, 5.41) is 13.0. The highest BCUT2D eigenvalue weighted by atomic mass is 16.5. The second-order valence-electron chi connectivity index (χ2n) is 4.75. The molecule has 1 aromatic carbocycles. The van der Waals surface area contributed by atoms with E-state index in [0.29, 0.717) is 12.4 Å². The first-order valence-corrected chi connectivity index (χ1v) is 6.72. The zero-order valence-corrected chi connectivity index (χ0v) is 11.6. The first-order chi connectivity index (χ1) is 9.74. The van der Waals surface area contributed by atoms with Gasteiger partial charge in [0.05, 0.1) is 0 Å². The average Bonchev–Trinajstić information content (AvgIpc) is 2.46. The molecular formula is C16H20N2O2. The summed E-state index contributed by atoms with van der Waals surface area (Å²) in [6, 6.07) is 13.8. The highest BCUT2D eigenvalue weighted by Crippen LogP contribution is 2.08. The van der Waals surface area contributed by atoms with Gasteiger partial charge in [0, 0.05) is 25.4 Å². The number of benzene rings is 1. The Bertz CT molecular complexity index is 517. The second kappa shape index (κ2) is 7.62. The predicted molar refractivity (Wildman–Crippen MR) is 78.6 cm³/mol. The molecule has 0 spiro atoms. The summed E-state index contributed by atoms with van der Waals surface area (Å²) in [5.41, 5.74) is 2.28. The molecule has 1 atom stereocenters. The molecule has 0 saturated heterocycles. The molecule has 2 aromatic rings. The van der Waals surface area contributed by atoms with E-state index in [1.165, 1.54) is 5.56 Å². The number of aliphatic hydroxyl groups excluding tert-OH is 1. The average molecular weight is 272 g/mol. The minimum Gasteiger partial charge on any atom is -0.475 e. The molecule has 1 heterocycles. The molecule has 2 N–H and O–H groups in total. The van der Waals surface area contributed by atoms with Crippen LogP contribution < -0.4 is 10.1 Å². The van der Waals surface area contributed by atoms with E-state index in [4.69, 9.17) is 4.74 Å². The van der Waals surface area contributed by atoms with Gasteiger partial charge in [-0.25, -0.2) is 4.98 Å². The third-order valence-corrected chi connectivity index (χ3v) is 2.87. The lowest BCUT2D eigenvalue weighted by Gasteiger charge is -2.13. The fraction of sp³-hybridized carbons (Fsp3) is 0.312. The van der Waals surface area contributed by atoms with Crippen LogP contribution in [0.1, 0.15) is 11.1 Å². The maximum Gasteiger partial charge on any atom is 0.213 e. The van der Waals surface area contributed by atoms with Crippen LogP contribution in [-0.2, 0) is 6.54 Å². The van der Waals surface area contributed by atoms with E-state index < -0.39 is 6.10 Å². The molecule has 106 valence electrons. The van der Waals surface area contributed by atoms with Gasteiger partial charge < -0.3 is 15.2 Å². The highest BCUT2D eigenvalue weighted by Gasteiger charge is 2.05. The van der Waals surface area contributed by atoms with Gasteiger partial charge in [-0.1, -0.05) is 30.3 Å². The first kappa shape index (κ1) is 14.5. The largest absolute Gasteiger partial charge is 0.475 e. The summed E-state index contributed by atoms with van der Waals surface area (Å²) in [4.78, 5) is 4.09. The molecule has 0 radical (unpaired) electrons. The van der Waals surface area contributed by atoms with Gasteiger partial charge in [0.1, 0.15) is 12.7 Å². The predicted octanol–water partition coefficient (Wildman–Crippen LogP) is 1.92. The number of nitrogens with zero attached hydrogens (tertiary/aromatic N) is 1. The van der Waals surface area contributed by atoms with Gasteiger partial charge in [0.15, 0.2) is 0 Å². The SMILES string of the molecule is Cc1ccnc(OCC(O)CNCc2ccccc2)c1. The molecule has 4 nitrogen and oxygen atoms in total. The van der Waals surface area contributed by atoms with E-state index in [9.17, 15) is 5.11 Å². The lowest BCUT2D eigenvalue weighted by atomic mass is 10.2. The van der Waals surface area contributed by atoms with E-state index in [1.54, 1.807) is 6.20 Å². The van der Waals surface area contributed by atoms with E-state index in [1.807, 2.05) is 49.4 Å². The number of pyridine rings is 1. The highest BCUT2D eigenvalue weighted by molar-refractivity contribution is 5.18. The normalized spacial score (nSPS) is 12.1. The monoisotopic (exact) mass is 272 g/mol. The van der Waals surface area contributed by atoms with Gasteiger partial charge in [-0.2, -0.15) is 0 Å². The Balaban J connectivity index is 1.67. The van der Waals surface area contributed by atoms with Gasteiger partial charge in [0.2, 0.25) is 5.88 Å². The molecule has 4 heteroatoms. The topological polar surface area (TPSA) is 54.4 Å². The van der Waals surface area contributed by atoms with Crippen molar-refractivity contribution in [3.05, 3.63) is 59.8 Å². The Hall–Kier alpha value is -1.91. The Kier molecular flexibility index (Phi) is 5.53. The number of aryl methyl sites for hydroxylation is 1. The minimum absolute atomic E-state index is 0.234. The lowest BCUT2D eigenvalue weighted by molar-refractivity contribution is 0.103. The smallest absolute Gasteiger partial charge is 0.213 e. The quantitative estimate of drug-likeness (QED) is 0.808. The van der Waals surface area contributed by atoms with E-state index >= 15 is 0 Å². The molecule has 0 aliphatic carbocycles. The second-order valence-corrected chi connectivity index (χ2v) is 4.75. The summed E-state index contributed by atoms with van der Waals surface area (Å²) in [6.07, 6.45) is 1.14. The Morgan fingerprint density at radius 1 is 1.25 bits per heavy atom. The van der Waals surface area contributed by atoms with Crippen LogP contribution in [0.3, 0.4) is 0 Å². The van der Waals surface area contributed by atoms with Crippen molar-refractivity contribution in [2.45, 2.75) is 19.6 Å². The van der Waals surface area contributed by atoms with Gasteiger partial charge in [0.25, 0.3) is 0 Å². The van der Waals surface area contributed by atoms with Crippen LogP contribution >= 0.6 is 0 Å². The number of nitrogens with one attached hydrogen (secondary N) is 1. The Morgan fingerprint density at radius 2 is 2.05 bits per heavy atom. The van der Waals surface area contributed by atoms with Gasteiger partial charge in [-0.15, -0.1) is 0 Å². The number of rotatable bonds is 7. The summed E-state index contributed by atoms with van der Waals surface area (Å²) in [6.45, 7) is 3.44. The number of hydrogen-bond acceptors (Lipinski definition) is 4. The zero-order valence-electron chi connectivity index (χ0n) is 11.6. The Labute approximate surface area is 119 Å². The number of hydrogen-bond donors (Lipinski definition) is 2. The number of aromatic nitrogens is 1. The van der Waals surface area contributed by atoms with Crippen LogP contribution in [0, 0.1) is 6.92 Å². The van der Waals surface area contributed by atoms with Crippen molar-refractivity contribution in [2.75, 3.05) is 13.2 Å². The molecule has 0 bridgehead atoms. The standard InChI is InChI=1S/C16H20N2O2/c1-13-7-8-18-16(9-13)20-12-15(19)11-17-10-14-5-3-2-4-6-14/h2-9,15,17,19H,10-12H2,1H3. The van der Waals surface area contributed by atoms with Crippen molar-refractivity contribution in [2.24, 2.45) is 0 Å².